The summed E-state index contributed by atoms with van der Waals surface area (Å²) >= 11 is 0. The van der Waals surface area contributed by atoms with Gasteiger partial charge in [0.05, 0.1) is 36.5 Å². The van der Waals surface area contributed by atoms with E-state index >= 15 is 0 Å². The summed E-state index contributed by atoms with van der Waals surface area (Å²) < 4.78 is 32.0. The highest BCUT2D eigenvalue weighted by molar-refractivity contribution is 6.00. The number of aromatic nitrogens is 3. The Hall–Kier alpha value is -3.80. The average molecular weight is 816 g/mol. The first-order valence-corrected chi connectivity index (χ1v) is 20.3. The second kappa shape index (κ2) is 19.5. The molecule has 3 N–H and O–H groups in total. The van der Waals surface area contributed by atoms with Gasteiger partial charge in [-0.2, -0.15) is 0 Å². The number of benzene rings is 1. The molecule has 0 unspecified atom stereocenters. The maximum absolute atomic E-state index is 14.4. The SMILES string of the molecule is CC[C@H]1OC(=O)[C@H](C)C(=O)[C@H](C)[C@@H](O[C@H]2O[C@@H](C)C[C@@H](N(C)C)[C@@H]2O)[C@](C)(OC)C[C@@H](C)C(=O)[C@H](C)[C@@H](OC(=O)NCCn2cc(-c3cccc(C)c3)nn2)[C@]1(C)O. The Morgan fingerprint density at radius 3 is 2.36 bits per heavy atom. The maximum atomic E-state index is 14.4. The zero-order valence-corrected chi connectivity index (χ0v) is 36.1. The minimum atomic E-state index is -2.08. The fourth-order valence-electron chi connectivity index (χ4n) is 8.41. The van der Waals surface area contributed by atoms with Crippen LogP contribution in [0.4, 0.5) is 4.79 Å². The number of nitrogens with one attached hydrogen (secondary N) is 1. The van der Waals surface area contributed by atoms with Crippen LogP contribution in [0.25, 0.3) is 11.3 Å². The Bertz CT molecular complexity index is 1730. The largest absolute Gasteiger partial charge is 0.459 e. The topological polar surface area (TPSA) is 201 Å². The number of amides is 1. The van der Waals surface area contributed by atoms with E-state index in [9.17, 15) is 29.4 Å². The van der Waals surface area contributed by atoms with Gasteiger partial charge in [-0.3, -0.25) is 19.1 Å². The Morgan fingerprint density at radius 2 is 1.74 bits per heavy atom. The van der Waals surface area contributed by atoms with Crippen LogP contribution in [0.2, 0.25) is 0 Å². The first kappa shape index (κ1) is 46.9. The maximum Gasteiger partial charge on any atom is 0.407 e. The van der Waals surface area contributed by atoms with Crippen molar-refractivity contribution in [3.8, 4) is 11.3 Å². The van der Waals surface area contributed by atoms with Gasteiger partial charge >= 0.3 is 12.1 Å². The lowest BCUT2D eigenvalue weighted by molar-refractivity contribution is -0.295. The van der Waals surface area contributed by atoms with Crippen molar-refractivity contribution in [3.63, 3.8) is 0 Å². The summed E-state index contributed by atoms with van der Waals surface area (Å²) in [6.45, 7) is 15.2. The van der Waals surface area contributed by atoms with E-state index in [1.54, 1.807) is 45.5 Å². The molecule has 2 saturated heterocycles. The van der Waals surface area contributed by atoms with Crippen molar-refractivity contribution in [2.45, 2.75) is 142 Å². The third kappa shape index (κ3) is 10.7. The molecule has 1 aromatic carbocycles. The third-order valence-electron chi connectivity index (χ3n) is 12.0. The number of hydrogen-bond acceptors (Lipinski definition) is 14. The molecular formula is C42H65N5O11. The van der Waals surface area contributed by atoms with Gasteiger partial charge < -0.3 is 44.1 Å². The van der Waals surface area contributed by atoms with E-state index in [1.165, 1.54) is 21.0 Å². The van der Waals surface area contributed by atoms with Gasteiger partial charge in [-0.15, -0.1) is 5.10 Å². The van der Waals surface area contributed by atoms with Crippen LogP contribution >= 0.6 is 0 Å². The zero-order chi connectivity index (χ0) is 43.3. The van der Waals surface area contributed by atoms with Gasteiger partial charge in [0, 0.05) is 37.1 Å². The van der Waals surface area contributed by atoms with Crippen LogP contribution in [0.15, 0.2) is 30.5 Å². The molecule has 0 aliphatic carbocycles. The van der Waals surface area contributed by atoms with Crippen LogP contribution < -0.4 is 5.32 Å². The molecule has 2 aromatic rings. The highest BCUT2D eigenvalue weighted by Gasteiger charge is 2.53. The number of rotatable bonds is 10. The Kier molecular flexibility index (Phi) is 15.8. The molecule has 16 nitrogen and oxygen atoms in total. The summed E-state index contributed by atoms with van der Waals surface area (Å²) in [6.07, 6.45) is -4.95. The van der Waals surface area contributed by atoms with E-state index < -0.39 is 83.4 Å². The molecule has 4 rings (SSSR count). The monoisotopic (exact) mass is 815 g/mol. The number of aryl methyl sites for hydroxylation is 1. The van der Waals surface area contributed by atoms with Crippen LogP contribution in [0, 0.1) is 30.6 Å². The summed E-state index contributed by atoms with van der Waals surface area (Å²) in [6, 6.07) is 7.53. The molecule has 2 fully saturated rings. The molecule has 1 aromatic heterocycles. The van der Waals surface area contributed by atoms with Crippen LogP contribution in [0.1, 0.15) is 80.2 Å². The predicted molar refractivity (Wildman–Crippen MR) is 213 cm³/mol. The highest BCUT2D eigenvalue weighted by atomic mass is 16.7. The number of nitrogens with zero attached hydrogens (tertiary/aromatic N) is 4. The number of carbonyl (C=O) groups is 4. The van der Waals surface area contributed by atoms with Gasteiger partial charge in [0.2, 0.25) is 0 Å². The minimum Gasteiger partial charge on any atom is -0.459 e. The van der Waals surface area contributed by atoms with E-state index in [1.807, 2.05) is 57.1 Å². The van der Waals surface area contributed by atoms with Crippen molar-refractivity contribution >= 4 is 23.6 Å². The molecule has 1 amide bonds. The minimum absolute atomic E-state index is 0.0178. The number of methoxy groups -OCH3 is 1. The van der Waals surface area contributed by atoms with E-state index in [0.29, 0.717) is 12.1 Å². The summed E-state index contributed by atoms with van der Waals surface area (Å²) in [5, 5.41) is 34.6. The van der Waals surface area contributed by atoms with Gasteiger partial charge in [0.1, 0.15) is 41.3 Å². The predicted octanol–water partition coefficient (Wildman–Crippen LogP) is 3.72. The van der Waals surface area contributed by atoms with Crippen molar-refractivity contribution in [2.75, 3.05) is 27.7 Å². The second-order valence-electron chi connectivity index (χ2n) is 16.9. The average Bonchev–Trinajstić information content (AvgIpc) is 3.65. The number of aliphatic hydroxyl groups is 2. The quantitative estimate of drug-likeness (QED) is 0.232. The van der Waals surface area contributed by atoms with Crippen molar-refractivity contribution in [1.82, 2.24) is 25.2 Å². The van der Waals surface area contributed by atoms with Gasteiger partial charge in [-0.25, -0.2) is 4.79 Å². The van der Waals surface area contributed by atoms with Gasteiger partial charge in [0.15, 0.2) is 12.1 Å². The first-order valence-electron chi connectivity index (χ1n) is 20.3. The normalized spacial score (nSPS) is 35.6. The third-order valence-corrected chi connectivity index (χ3v) is 12.0. The van der Waals surface area contributed by atoms with E-state index in [2.05, 4.69) is 15.6 Å². The van der Waals surface area contributed by atoms with Crippen molar-refractivity contribution in [3.05, 3.63) is 36.0 Å². The molecule has 0 bridgehead atoms. The highest BCUT2D eigenvalue weighted by Crippen LogP contribution is 2.39. The fraction of sp³-hybridized carbons (Fsp3) is 0.714. The number of alkyl carbamates (subject to hydrolysis) is 1. The lowest BCUT2D eigenvalue weighted by atomic mass is 9.74. The van der Waals surface area contributed by atoms with Gasteiger partial charge in [-0.05, 0) is 74.0 Å². The number of likely N-dealkylation sites (N-methyl/N-ethyl adjacent to an activating group) is 1. The Morgan fingerprint density at radius 1 is 1.07 bits per heavy atom. The van der Waals surface area contributed by atoms with Crippen LogP contribution in [0.3, 0.4) is 0 Å². The Balaban J connectivity index is 1.62. The van der Waals surface area contributed by atoms with Gasteiger partial charge in [-0.1, -0.05) is 56.7 Å². The van der Waals surface area contributed by atoms with E-state index in [-0.39, 0.29) is 43.9 Å². The number of aliphatic hydroxyl groups excluding tert-OH is 1. The summed E-state index contributed by atoms with van der Waals surface area (Å²) in [5.41, 5.74) is -0.773. The van der Waals surface area contributed by atoms with Crippen LogP contribution in [-0.2, 0) is 44.6 Å². The molecule has 0 saturated carbocycles. The van der Waals surface area contributed by atoms with Crippen molar-refractivity contribution < 1.29 is 53.1 Å². The summed E-state index contributed by atoms with van der Waals surface area (Å²) in [7, 11) is 5.13. The van der Waals surface area contributed by atoms with Crippen molar-refractivity contribution in [2.24, 2.45) is 23.7 Å². The number of ether oxygens (including phenoxy) is 5. The molecule has 58 heavy (non-hydrogen) atoms. The number of carbonyl (C=O) groups excluding carboxylic acids is 4. The molecule has 2 aliphatic heterocycles. The number of hydrogen-bond donors (Lipinski definition) is 3. The first-order chi connectivity index (χ1) is 27.1. The molecular weight excluding hydrogens is 750 g/mol. The van der Waals surface area contributed by atoms with Crippen molar-refractivity contribution in [1.29, 1.82) is 0 Å². The molecule has 0 spiro atoms. The molecule has 2 aliphatic rings. The summed E-state index contributed by atoms with van der Waals surface area (Å²) in [5.74, 6) is -6.06. The standard InChI is InChI=1S/C42H65N5O11/c1-13-32-42(9,53)37(58-40(52)43-17-18-47-22-30(44-45-47)29-16-14-15-23(2)19-29)26(5)33(48)24(3)21-41(8,54-12)36(27(6)34(49)28(7)38(51)56-32)57-39-35(50)31(46(10)11)20-25(4)55-39/h14-16,19,22,24-28,31-32,35-37,39,50,53H,13,17-18,20-21H2,1-12H3,(H,43,52)/t24-,25+,26+,27+,28-,31-,32-,35+,36-,37-,39-,41-,42-/m1/s1. The van der Waals surface area contributed by atoms with Crippen LogP contribution in [0.5, 0.6) is 0 Å². The second-order valence-corrected chi connectivity index (χ2v) is 16.9. The number of cyclic esters (lactones) is 1. The number of Topliss-reactive ketones (excluding diaryl/α,β-unsaturated/α-hetero) is 2. The lowest BCUT2D eigenvalue weighted by Gasteiger charge is -2.47. The molecule has 0 radical (unpaired) electrons. The van der Waals surface area contributed by atoms with E-state index in [0.717, 1.165) is 11.1 Å². The number of esters is 1. The Labute approximate surface area is 342 Å². The smallest absolute Gasteiger partial charge is 0.407 e. The molecule has 324 valence electrons. The molecule has 16 heteroatoms. The lowest BCUT2D eigenvalue weighted by Crippen LogP contribution is -2.60. The summed E-state index contributed by atoms with van der Waals surface area (Å²) in [4.78, 5) is 57.7. The van der Waals surface area contributed by atoms with E-state index in [4.69, 9.17) is 23.7 Å². The fourth-order valence-corrected chi connectivity index (χ4v) is 8.41. The van der Waals surface area contributed by atoms with Crippen LogP contribution in [-0.4, -0.2) is 136 Å². The zero-order valence-electron chi connectivity index (χ0n) is 36.1. The van der Waals surface area contributed by atoms with Gasteiger partial charge in [0.25, 0.3) is 0 Å². The molecule has 13 atom stereocenters. The molecule has 3 heterocycles. The number of ketones is 2.